The van der Waals surface area contributed by atoms with E-state index >= 15 is 0 Å². The predicted molar refractivity (Wildman–Crippen MR) is 95.1 cm³/mol. The van der Waals surface area contributed by atoms with Crippen molar-refractivity contribution in [1.29, 1.82) is 0 Å². The van der Waals surface area contributed by atoms with Crippen LogP contribution in [0.3, 0.4) is 0 Å². The maximum absolute atomic E-state index is 12.1. The van der Waals surface area contributed by atoms with Crippen LogP contribution in [0.1, 0.15) is 6.42 Å². The van der Waals surface area contributed by atoms with Gasteiger partial charge in [0.2, 0.25) is 0 Å². The van der Waals surface area contributed by atoms with E-state index in [-0.39, 0.29) is 42.9 Å². The lowest BCUT2D eigenvalue weighted by Gasteiger charge is -2.24. The third-order valence-electron chi connectivity index (χ3n) is 3.79. The van der Waals surface area contributed by atoms with E-state index in [9.17, 15) is 4.79 Å². The Labute approximate surface area is 153 Å². The number of nitrogens with one attached hydrogen (secondary N) is 2. The van der Waals surface area contributed by atoms with Crippen LogP contribution in [0.2, 0.25) is 5.02 Å². The number of carbonyl (C=O) groups is 1. The Morgan fingerprint density at radius 2 is 2.30 bits per heavy atom. The van der Waals surface area contributed by atoms with Gasteiger partial charge >= 0.3 is 0 Å². The van der Waals surface area contributed by atoms with E-state index in [0.29, 0.717) is 18.2 Å². The van der Waals surface area contributed by atoms with Crippen LogP contribution in [0.4, 0.5) is 5.82 Å². The van der Waals surface area contributed by atoms with Gasteiger partial charge in [0, 0.05) is 38.4 Å². The average molecular weight is 384 g/mol. The van der Waals surface area contributed by atoms with Crippen molar-refractivity contribution in [2.45, 2.75) is 18.6 Å². The highest BCUT2D eigenvalue weighted by Gasteiger charge is 2.29. The number of halogens is 3. The summed E-state index contributed by atoms with van der Waals surface area (Å²) in [4.78, 5) is 18.5. The first-order valence-corrected chi connectivity index (χ1v) is 7.60. The molecule has 1 aromatic heterocycles. The summed E-state index contributed by atoms with van der Waals surface area (Å²) in [7, 11) is 0. The highest BCUT2D eigenvalue weighted by atomic mass is 35.5. The molecule has 2 aliphatic heterocycles. The minimum atomic E-state index is -0.383. The molecule has 2 aliphatic rings. The average Bonchev–Trinajstić information content (AvgIpc) is 2.97. The monoisotopic (exact) mass is 382 g/mol. The molecular formula is C14H21Cl3N4O2. The van der Waals surface area contributed by atoms with Gasteiger partial charge in [-0.05, 0) is 18.6 Å². The summed E-state index contributed by atoms with van der Waals surface area (Å²) in [5, 5.41) is 6.85. The van der Waals surface area contributed by atoms with Crippen molar-refractivity contribution in [1.82, 2.24) is 15.6 Å². The second kappa shape index (κ2) is 9.49. The second-order valence-corrected chi connectivity index (χ2v) is 5.72. The quantitative estimate of drug-likeness (QED) is 0.823. The molecule has 1 amide bonds. The Morgan fingerprint density at radius 1 is 1.48 bits per heavy atom. The molecule has 0 saturated carbocycles. The number of morpholine rings is 1. The van der Waals surface area contributed by atoms with E-state index in [1.807, 2.05) is 12.1 Å². The normalized spacial score (nSPS) is 23.6. The third kappa shape index (κ3) is 5.09. The Bertz CT molecular complexity index is 515. The molecule has 0 aromatic carbocycles. The minimum absolute atomic E-state index is 0. The lowest BCUT2D eigenvalue weighted by molar-refractivity contribution is -0.134. The van der Waals surface area contributed by atoms with Gasteiger partial charge in [-0.15, -0.1) is 24.8 Å². The number of carbonyl (C=O) groups excluding carboxylic acids is 1. The first-order valence-electron chi connectivity index (χ1n) is 7.22. The standard InChI is InChI=1S/C14H19ClN4O2.2ClH/c15-11-2-1-4-17-13(11)19-6-3-10(9-19)18-14(20)12-8-16-5-7-21-12;;/h1-2,4,10,12,16H,3,5-9H2,(H,18,20);2*1H. The lowest BCUT2D eigenvalue weighted by Crippen LogP contribution is -2.50. The van der Waals surface area contributed by atoms with Gasteiger partial charge in [-0.25, -0.2) is 4.98 Å². The van der Waals surface area contributed by atoms with Crippen LogP contribution in [-0.4, -0.2) is 55.8 Å². The highest BCUT2D eigenvalue weighted by molar-refractivity contribution is 6.32. The molecule has 3 rings (SSSR count). The molecule has 3 heterocycles. The lowest BCUT2D eigenvalue weighted by atomic mass is 10.2. The molecule has 2 fully saturated rings. The first-order chi connectivity index (χ1) is 10.2. The highest BCUT2D eigenvalue weighted by Crippen LogP contribution is 2.25. The number of hydrogen-bond donors (Lipinski definition) is 2. The topological polar surface area (TPSA) is 66.5 Å². The predicted octanol–water partition coefficient (Wildman–Crippen LogP) is 1.26. The van der Waals surface area contributed by atoms with Crippen molar-refractivity contribution < 1.29 is 9.53 Å². The zero-order chi connectivity index (χ0) is 14.7. The fraction of sp³-hybridized carbons (Fsp3) is 0.571. The number of amides is 1. The van der Waals surface area contributed by atoms with E-state index in [2.05, 4.69) is 20.5 Å². The fourth-order valence-electron chi connectivity index (χ4n) is 2.71. The number of nitrogens with zero attached hydrogens (tertiary/aromatic N) is 2. The Kier molecular flexibility index (Phi) is 8.36. The molecule has 2 N–H and O–H groups in total. The molecule has 0 radical (unpaired) electrons. The second-order valence-electron chi connectivity index (χ2n) is 5.31. The van der Waals surface area contributed by atoms with Crippen LogP contribution in [0.5, 0.6) is 0 Å². The summed E-state index contributed by atoms with van der Waals surface area (Å²) in [5.74, 6) is 0.743. The van der Waals surface area contributed by atoms with Crippen LogP contribution >= 0.6 is 36.4 Å². The Hall–Kier alpha value is -0.790. The van der Waals surface area contributed by atoms with Crippen molar-refractivity contribution in [2.24, 2.45) is 0 Å². The fourth-order valence-corrected chi connectivity index (χ4v) is 2.95. The maximum Gasteiger partial charge on any atom is 0.250 e. The van der Waals surface area contributed by atoms with Crippen molar-refractivity contribution in [3.63, 3.8) is 0 Å². The number of rotatable bonds is 3. The number of pyridine rings is 1. The van der Waals surface area contributed by atoms with Crippen LogP contribution < -0.4 is 15.5 Å². The summed E-state index contributed by atoms with van der Waals surface area (Å²) in [6.07, 6.45) is 2.24. The summed E-state index contributed by atoms with van der Waals surface area (Å²) in [5.41, 5.74) is 0. The molecule has 1 aromatic rings. The number of hydrogen-bond acceptors (Lipinski definition) is 5. The van der Waals surface area contributed by atoms with Gasteiger partial charge in [0.1, 0.15) is 11.9 Å². The smallest absolute Gasteiger partial charge is 0.250 e. The summed E-state index contributed by atoms with van der Waals surface area (Å²) in [6.45, 7) is 3.53. The van der Waals surface area contributed by atoms with Gasteiger partial charge in [0.25, 0.3) is 5.91 Å². The van der Waals surface area contributed by atoms with Crippen molar-refractivity contribution in [3.05, 3.63) is 23.4 Å². The zero-order valence-electron chi connectivity index (χ0n) is 12.5. The summed E-state index contributed by atoms with van der Waals surface area (Å²) < 4.78 is 5.46. The molecule has 9 heteroatoms. The largest absolute Gasteiger partial charge is 0.366 e. The summed E-state index contributed by atoms with van der Waals surface area (Å²) >= 11 is 6.16. The van der Waals surface area contributed by atoms with Gasteiger partial charge in [-0.2, -0.15) is 0 Å². The number of ether oxygens (including phenoxy) is 1. The molecule has 2 unspecified atom stereocenters. The number of aromatic nitrogens is 1. The molecule has 0 spiro atoms. The van der Waals surface area contributed by atoms with Crippen LogP contribution in [0.25, 0.3) is 0 Å². The molecular weight excluding hydrogens is 363 g/mol. The third-order valence-corrected chi connectivity index (χ3v) is 4.09. The number of anilines is 1. The van der Waals surface area contributed by atoms with Gasteiger partial charge in [0.05, 0.1) is 11.6 Å². The molecule has 23 heavy (non-hydrogen) atoms. The molecule has 2 atom stereocenters. The molecule has 2 saturated heterocycles. The SMILES string of the molecule is Cl.Cl.O=C(NC1CCN(c2ncccc2Cl)C1)C1CNCCO1. The van der Waals surface area contributed by atoms with Gasteiger partial charge in [-0.3, -0.25) is 4.79 Å². The van der Waals surface area contributed by atoms with Gasteiger partial charge < -0.3 is 20.3 Å². The van der Waals surface area contributed by atoms with Gasteiger partial charge in [0.15, 0.2) is 0 Å². The van der Waals surface area contributed by atoms with Crippen LogP contribution in [-0.2, 0) is 9.53 Å². The van der Waals surface area contributed by atoms with E-state index in [0.717, 1.165) is 31.9 Å². The van der Waals surface area contributed by atoms with Crippen LogP contribution in [0.15, 0.2) is 18.3 Å². The van der Waals surface area contributed by atoms with Crippen LogP contribution in [0, 0.1) is 0 Å². The van der Waals surface area contributed by atoms with E-state index < -0.39 is 0 Å². The Morgan fingerprint density at radius 3 is 3.00 bits per heavy atom. The minimum Gasteiger partial charge on any atom is -0.366 e. The molecule has 6 nitrogen and oxygen atoms in total. The zero-order valence-corrected chi connectivity index (χ0v) is 14.9. The maximum atomic E-state index is 12.1. The van der Waals surface area contributed by atoms with Crippen molar-refractivity contribution in [2.75, 3.05) is 37.7 Å². The van der Waals surface area contributed by atoms with Gasteiger partial charge in [-0.1, -0.05) is 11.6 Å². The summed E-state index contributed by atoms with van der Waals surface area (Å²) in [6, 6.07) is 3.76. The van der Waals surface area contributed by atoms with E-state index in [4.69, 9.17) is 16.3 Å². The molecule has 0 bridgehead atoms. The molecule has 130 valence electrons. The van der Waals surface area contributed by atoms with Crippen molar-refractivity contribution in [3.8, 4) is 0 Å². The molecule has 0 aliphatic carbocycles. The van der Waals surface area contributed by atoms with E-state index in [1.165, 1.54) is 0 Å². The van der Waals surface area contributed by atoms with E-state index in [1.54, 1.807) is 6.20 Å². The van der Waals surface area contributed by atoms with Crippen molar-refractivity contribution >= 4 is 48.1 Å². The Balaban J connectivity index is 0.00000132. The first kappa shape index (κ1) is 20.3.